The lowest BCUT2D eigenvalue weighted by atomic mass is 10.1. The fraction of sp³-hybridized carbons (Fsp3) is 0.857. The maximum atomic E-state index is 11.7. The maximum Gasteiger partial charge on any atom is 0.326 e. The van der Waals surface area contributed by atoms with E-state index in [0.717, 1.165) is 32.5 Å². The van der Waals surface area contributed by atoms with Gasteiger partial charge in [-0.2, -0.15) is 0 Å². The molecule has 0 rings (SSSR count). The van der Waals surface area contributed by atoms with Crippen LogP contribution in [0.2, 0.25) is 0 Å². The van der Waals surface area contributed by atoms with Gasteiger partial charge in [0.15, 0.2) is 0 Å². The first-order valence-corrected chi connectivity index (χ1v) is 7.57. The highest BCUT2D eigenvalue weighted by Gasteiger charge is 2.19. The third kappa shape index (κ3) is 9.25. The van der Waals surface area contributed by atoms with Crippen molar-refractivity contribution in [3.8, 4) is 0 Å². The molecule has 7 heteroatoms. The van der Waals surface area contributed by atoms with Crippen molar-refractivity contribution in [3.05, 3.63) is 0 Å². The van der Waals surface area contributed by atoms with Gasteiger partial charge in [-0.1, -0.05) is 13.8 Å². The lowest BCUT2D eigenvalue weighted by Crippen LogP contribution is -2.48. The van der Waals surface area contributed by atoms with Crippen LogP contribution in [0.5, 0.6) is 0 Å². The second kappa shape index (κ2) is 11.3. The Morgan fingerprint density at radius 2 is 1.76 bits per heavy atom. The summed E-state index contributed by atoms with van der Waals surface area (Å²) < 4.78 is 0. The largest absolute Gasteiger partial charge is 0.480 e. The van der Waals surface area contributed by atoms with Crippen LogP contribution in [-0.4, -0.2) is 65.4 Å². The minimum absolute atomic E-state index is 0.000899. The Morgan fingerprint density at radius 3 is 2.24 bits per heavy atom. The number of urea groups is 1. The van der Waals surface area contributed by atoms with Crippen LogP contribution < -0.4 is 10.6 Å². The van der Waals surface area contributed by atoms with E-state index < -0.39 is 18.0 Å². The summed E-state index contributed by atoms with van der Waals surface area (Å²) in [5.41, 5.74) is 0. The number of hydrogen-bond donors (Lipinski definition) is 4. The number of carbonyl (C=O) groups excluding carboxylic acids is 1. The highest BCUT2D eigenvalue weighted by Crippen LogP contribution is 2.00. The first-order chi connectivity index (χ1) is 9.94. The molecule has 2 atom stereocenters. The summed E-state index contributed by atoms with van der Waals surface area (Å²) in [6.45, 7) is 8.86. The highest BCUT2D eigenvalue weighted by atomic mass is 16.4. The molecule has 7 nitrogen and oxygen atoms in total. The van der Waals surface area contributed by atoms with E-state index >= 15 is 0 Å². The Morgan fingerprint density at radius 1 is 1.14 bits per heavy atom. The summed E-state index contributed by atoms with van der Waals surface area (Å²) in [5, 5.41) is 22.7. The molecule has 0 saturated carbocycles. The van der Waals surface area contributed by atoms with Gasteiger partial charge in [0.25, 0.3) is 0 Å². The van der Waals surface area contributed by atoms with E-state index in [2.05, 4.69) is 29.4 Å². The van der Waals surface area contributed by atoms with Crippen LogP contribution in [0.15, 0.2) is 0 Å². The maximum absolute atomic E-state index is 11.7. The van der Waals surface area contributed by atoms with Crippen LogP contribution in [0.4, 0.5) is 4.79 Å². The standard InChI is InChI=1S/C14H29N3O4/c1-4-17(5-2)9-6-7-11(3)15-14(21)16-12(8-10-18)13(19)20/h11-12,18H,4-10H2,1-3H3,(H,19,20)(H2,15,16,21)/t11?,12-/m1/s1. The van der Waals surface area contributed by atoms with E-state index in [9.17, 15) is 9.59 Å². The Balaban J connectivity index is 4.00. The summed E-state index contributed by atoms with van der Waals surface area (Å²) in [7, 11) is 0. The van der Waals surface area contributed by atoms with Gasteiger partial charge in [0.1, 0.15) is 6.04 Å². The lowest BCUT2D eigenvalue weighted by molar-refractivity contribution is -0.139. The van der Waals surface area contributed by atoms with Crippen LogP contribution in [-0.2, 0) is 4.79 Å². The molecule has 0 aliphatic rings. The van der Waals surface area contributed by atoms with E-state index in [1.807, 2.05) is 6.92 Å². The van der Waals surface area contributed by atoms with Gasteiger partial charge in [0, 0.05) is 19.1 Å². The van der Waals surface area contributed by atoms with Crippen molar-refractivity contribution in [2.24, 2.45) is 0 Å². The summed E-state index contributed by atoms with van der Waals surface area (Å²) in [6.07, 6.45) is 1.81. The molecule has 1 unspecified atom stereocenters. The molecule has 21 heavy (non-hydrogen) atoms. The van der Waals surface area contributed by atoms with Crippen LogP contribution in [0.25, 0.3) is 0 Å². The van der Waals surface area contributed by atoms with Gasteiger partial charge in [-0.3, -0.25) is 0 Å². The lowest BCUT2D eigenvalue weighted by Gasteiger charge is -2.20. The Bertz CT molecular complexity index is 309. The molecule has 0 aromatic rings. The summed E-state index contributed by atoms with van der Waals surface area (Å²) in [5.74, 6) is -1.15. The third-order valence-electron chi connectivity index (χ3n) is 3.40. The smallest absolute Gasteiger partial charge is 0.326 e. The fourth-order valence-electron chi connectivity index (χ4n) is 2.04. The van der Waals surface area contributed by atoms with Crippen molar-refractivity contribution in [1.29, 1.82) is 0 Å². The van der Waals surface area contributed by atoms with E-state index in [-0.39, 0.29) is 19.1 Å². The number of aliphatic hydroxyl groups is 1. The SMILES string of the molecule is CCN(CC)CCCC(C)NC(=O)N[C@H](CCO)C(=O)O. The molecule has 0 saturated heterocycles. The van der Waals surface area contributed by atoms with Crippen LogP contribution in [0.3, 0.4) is 0 Å². The minimum Gasteiger partial charge on any atom is -0.480 e. The zero-order chi connectivity index (χ0) is 16.3. The van der Waals surface area contributed by atoms with Gasteiger partial charge < -0.3 is 25.7 Å². The second-order valence-corrected chi connectivity index (χ2v) is 5.09. The Labute approximate surface area is 126 Å². The van der Waals surface area contributed by atoms with Gasteiger partial charge in [-0.25, -0.2) is 9.59 Å². The number of carboxylic acid groups (broad SMARTS) is 1. The molecule has 0 aliphatic carbocycles. The number of rotatable bonds is 11. The van der Waals surface area contributed by atoms with E-state index in [0.29, 0.717) is 0 Å². The molecule has 2 amide bonds. The van der Waals surface area contributed by atoms with Gasteiger partial charge in [0.2, 0.25) is 0 Å². The van der Waals surface area contributed by atoms with Gasteiger partial charge in [-0.05, 0) is 39.4 Å². The molecule has 4 N–H and O–H groups in total. The molecular weight excluding hydrogens is 274 g/mol. The van der Waals surface area contributed by atoms with Crippen LogP contribution >= 0.6 is 0 Å². The van der Waals surface area contributed by atoms with E-state index in [1.165, 1.54) is 0 Å². The van der Waals surface area contributed by atoms with Gasteiger partial charge in [0.05, 0.1) is 0 Å². The van der Waals surface area contributed by atoms with Crippen molar-refractivity contribution in [1.82, 2.24) is 15.5 Å². The van der Waals surface area contributed by atoms with Gasteiger partial charge in [-0.15, -0.1) is 0 Å². The third-order valence-corrected chi connectivity index (χ3v) is 3.40. The predicted octanol–water partition coefficient (Wildman–Crippen LogP) is 0.632. The molecule has 0 spiro atoms. The molecule has 0 aromatic carbocycles. The molecule has 0 radical (unpaired) electrons. The number of amides is 2. The molecule has 0 aromatic heterocycles. The number of carboxylic acids is 1. The zero-order valence-electron chi connectivity index (χ0n) is 13.3. The molecule has 0 heterocycles. The van der Waals surface area contributed by atoms with E-state index in [1.54, 1.807) is 0 Å². The van der Waals surface area contributed by atoms with E-state index in [4.69, 9.17) is 10.2 Å². The normalized spacial score (nSPS) is 13.8. The predicted molar refractivity (Wildman–Crippen MR) is 81.3 cm³/mol. The summed E-state index contributed by atoms with van der Waals surface area (Å²) in [6, 6.07) is -1.59. The Hall–Kier alpha value is -1.34. The summed E-state index contributed by atoms with van der Waals surface area (Å²) >= 11 is 0. The monoisotopic (exact) mass is 303 g/mol. The molecule has 124 valence electrons. The first-order valence-electron chi connectivity index (χ1n) is 7.57. The molecular formula is C14H29N3O4. The second-order valence-electron chi connectivity index (χ2n) is 5.09. The zero-order valence-corrected chi connectivity index (χ0v) is 13.3. The molecule has 0 bridgehead atoms. The highest BCUT2D eigenvalue weighted by molar-refractivity contribution is 5.82. The van der Waals surface area contributed by atoms with Crippen molar-refractivity contribution < 1.29 is 19.8 Å². The minimum atomic E-state index is -1.15. The number of nitrogens with zero attached hydrogens (tertiary/aromatic N) is 1. The topological polar surface area (TPSA) is 102 Å². The number of carbonyl (C=O) groups is 2. The number of aliphatic carboxylic acids is 1. The molecule has 0 fully saturated rings. The number of nitrogens with one attached hydrogen (secondary N) is 2. The first kappa shape index (κ1) is 19.7. The Kier molecular flexibility index (Phi) is 10.6. The van der Waals surface area contributed by atoms with Crippen LogP contribution in [0.1, 0.15) is 40.0 Å². The van der Waals surface area contributed by atoms with Crippen molar-refractivity contribution >= 4 is 12.0 Å². The van der Waals surface area contributed by atoms with Crippen molar-refractivity contribution in [2.75, 3.05) is 26.2 Å². The van der Waals surface area contributed by atoms with Crippen LogP contribution in [0, 0.1) is 0 Å². The average molecular weight is 303 g/mol. The van der Waals surface area contributed by atoms with Gasteiger partial charge >= 0.3 is 12.0 Å². The number of hydrogen-bond acceptors (Lipinski definition) is 4. The number of aliphatic hydroxyl groups excluding tert-OH is 1. The summed E-state index contributed by atoms with van der Waals surface area (Å²) in [4.78, 5) is 24.9. The molecule has 0 aliphatic heterocycles. The fourth-order valence-corrected chi connectivity index (χ4v) is 2.04. The van der Waals surface area contributed by atoms with Crippen molar-refractivity contribution in [3.63, 3.8) is 0 Å². The quantitative estimate of drug-likeness (QED) is 0.448. The van der Waals surface area contributed by atoms with Crippen molar-refractivity contribution in [2.45, 2.75) is 52.1 Å². The average Bonchev–Trinajstić information content (AvgIpc) is 2.43.